The molecule has 0 bridgehead atoms. The van der Waals surface area contributed by atoms with Gasteiger partial charge in [-0.3, -0.25) is 4.79 Å². The second kappa shape index (κ2) is 5.44. The van der Waals surface area contributed by atoms with E-state index in [1.54, 1.807) is 17.3 Å². The highest BCUT2D eigenvalue weighted by molar-refractivity contribution is 5.74. The number of rotatable bonds is 4. The standard InChI is InChI=1S/C11H17N3O2/c1-8(2)14(7-10(15)16-4)11-12-5-9(3)6-13-11/h5-6,8H,7H2,1-4H3. The number of aromatic nitrogens is 2. The lowest BCUT2D eigenvalue weighted by atomic mass is 10.3. The van der Waals surface area contributed by atoms with Gasteiger partial charge in [0.15, 0.2) is 0 Å². The van der Waals surface area contributed by atoms with E-state index in [9.17, 15) is 4.79 Å². The molecule has 1 aromatic heterocycles. The molecular weight excluding hydrogens is 206 g/mol. The number of hydrogen-bond donors (Lipinski definition) is 0. The van der Waals surface area contributed by atoms with E-state index in [4.69, 9.17) is 0 Å². The van der Waals surface area contributed by atoms with Crippen molar-refractivity contribution in [3.8, 4) is 0 Å². The van der Waals surface area contributed by atoms with E-state index >= 15 is 0 Å². The van der Waals surface area contributed by atoms with Gasteiger partial charge in [-0.25, -0.2) is 9.97 Å². The van der Waals surface area contributed by atoms with Gasteiger partial charge in [-0.15, -0.1) is 0 Å². The van der Waals surface area contributed by atoms with Crippen molar-refractivity contribution in [2.75, 3.05) is 18.6 Å². The van der Waals surface area contributed by atoms with Gasteiger partial charge in [-0.1, -0.05) is 0 Å². The molecule has 0 saturated heterocycles. The van der Waals surface area contributed by atoms with Gasteiger partial charge in [0.25, 0.3) is 0 Å². The average molecular weight is 223 g/mol. The van der Waals surface area contributed by atoms with Crippen LogP contribution in [0.15, 0.2) is 12.4 Å². The summed E-state index contributed by atoms with van der Waals surface area (Å²) in [5, 5.41) is 0. The van der Waals surface area contributed by atoms with E-state index < -0.39 is 0 Å². The fourth-order valence-corrected chi connectivity index (χ4v) is 1.22. The molecule has 1 rings (SSSR count). The van der Waals surface area contributed by atoms with Crippen LogP contribution in [-0.4, -0.2) is 35.6 Å². The van der Waals surface area contributed by atoms with Crippen LogP contribution in [0.5, 0.6) is 0 Å². The SMILES string of the molecule is COC(=O)CN(c1ncc(C)cn1)C(C)C. The molecule has 0 N–H and O–H groups in total. The normalized spacial score (nSPS) is 10.3. The number of esters is 1. The first-order valence-electron chi connectivity index (χ1n) is 5.16. The van der Waals surface area contributed by atoms with Crippen LogP contribution in [0.2, 0.25) is 0 Å². The zero-order chi connectivity index (χ0) is 12.1. The number of methoxy groups -OCH3 is 1. The van der Waals surface area contributed by atoms with Crippen LogP contribution in [0, 0.1) is 6.92 Å². The van der Waals surface area contributed by atoms with Gasteiger partial charge in [0.05, 0.1) is 7.11 Å². The lowest BCUT2D eigenvalue weighted by Crippen LogP contribution is -2.37. The minimum atomic E-state index is -0.294. The molecule has 0 fully saturated rings. The number of carbonyl (C=O) groups excluding carboxylic acids is 1. The van der Waals surface area contributed by atoms with E-state index in [1.165, 1.54) is 7.11 Å². The van der Waals surface area contributed by atoms with Crippen molar-refractivity contribution in [2.24, 2.45) is 0 Å². The smallest absolute Gasteiger partial charge is 0.325 e. The molecule has 0 aliphatic rings. The van der Waals surface area contributed by atoms with E-state index in [-0.39, 0.29) is 18.6 Å². The minimum absolute atomic E-state index is 0.141. The summed E-state index contributed by atoms with van der Waals surface area (Å²) in [6, 6.07) is 0.141. The van der Waals surface area contributed by atoms with E-state index in [0.717, 1.165) is 5.56 Å². The Kier molecular flexibility index (Phi) is 4.22. The third-order valence-corrected chi connectivity index (χ3v) is 2.17. The minimum Gasteiger partial charge on any atom is -0.468 e. The Bertz CT molecular complexity index is 349. The maximum absolute atomic E-state index is 11.2. The van der Waals surface area contributed by atoms with Crippen molar-refractivity contribution >= 4 is 11.9 Å². The van der Waals surface area contributed by atoms with Crippen molar-refractivity contribution in [1.82, 2.24) is 9.97 Å². The van der Waals surface area contributed by atoms with Gasteiger partial charge in [-0.2, -0.15) is 0 Å². The lowest BCUT2D eigenvalue weighted by molar-refractivity contribution is -0.139. The third-order valence-electron chi connectivity index (χ3n) is 2.17. The number of anilines is 1. The first-order valence-corrected chi connectivity index (χ1v) is 5.16. The zero-order valence-electron chi connectivity index (χ0n) is 10.1. The quantitative estimate of drug-likeness (QED) is 0.717. The second-order valence-corrected chi connectivity index (χ2v) is 3.86. The Morgan fingerprint density at radius 3 is 2.44 bits per heavy atom. The van der Waals surface area contributed by atoms with Gasteiger partial charge in [0, 0.05) is 18.4 Å². The summed E-state index contributed by atoms with van der Waals surface area (Å²) in [5.74, 6) is 0.254. The molecule has 0 amide bonds. The molecule has 0 unspecified atom stereocenters. The van der Waals surface area contributed by atoms with Gasteiger partial charge < -0.3 is 9.64 Å². The van der Waals surface area contributed by atoms with Crippen LogP contribution in [-0.2, 0) is 9.53 Å². The molecule has 0 atom stereocenters. The van der Waals surface area contributed by atoms with Gasteiger partial charge in [-0.05, 0) is 26.3 Å². The molecule has 0 aromatic carbocycles. The predicted molar refractivity (Wildman–Crippen MR) is 61.3 cm³/mol. The number of nitrogens with zero attached hydrogens (tertiary/aromatic N) is 3. The molecule has 0 aliphatic carbocycles. The highest BCUT2D eigenvalue weighted by Gasteiger charge is 2.17. The van der Waals surface area contributed by atoms with Crippen molar-refractivity contribution < 1.29 is 9.53 Å². The summed E-state index contributed by atoms with van der Waals surface area (Å²) in [4.78, 5) is 21.4. The van der Waals surface area contributed by atoms with E-state index in [0.29, 0.717) is 5.95 Å². The number of carbonyl (C=O) groups is 1. The largest absolute Gasteiger partial charge is 0.468 e. The van der Waals surface area contributed by atoms with Crippen LogP contribution in [0.1, 0.15) is 19.4 Å². The van der Waals surface area contributed by atoms with Crippen LogP contribution >= 0.6 is 0 Å². The number of aryl methyl sites for hydroxylation is 1. The molecule has 16 heavy (non-hydrogen) atoms. The molecule has 0 radical (unpaired) electrons. The van der Waals surface area contributed by atoms with Gasteiger partial charge in [0.1, 0.15) is 6.54 Å². The Balaban J connectivity index is 2.85. The summed E-state index contributed by atoms with van der Waals surface area (Å²) < 4.78 is 4.64. The molecule has 88 valence electrons. The number of ether oxygens (including phenoxy) is 1. The molecule has 0 spiro atoms. The van der Waals surface area contributed by atoms with Crippen molar-refractivity contribution in [2.45, 2.75) is 26.8 Å². The summed E-state index contributed by atoms with van der Waals surface area (Å²) >= 11 is 0. The van der Waals surface area contributed by atoms with Crippen LogP contribution in [0.4, 0.5) is 5.95 Å². The molecule has 5 heteroatoms. The van der Waals surface area contributed by atoms with Gasteiger partial charge >= 0.3 is 5.97 Å². The second-order valence-electron chi connectivity index (χ2n) is 3.86. The highest BCUT2D eigenvalue weighted by Crippen LogP contribution is 2.10. The Hall–Kier alpha value is -1.65. The predicted octanol–water partition coefficient (Wildman–Crippen LogP) is 1.17. The van der Waals surface area contributed by atoms with Gasteiger partial charge in [0.2, 0.25) is 5.95 Å². The Morgan fingerprint density at radius 2 is 2.00 bits per heavy atom. The summed E-state index contributed by atoms with van der Waals surface area (Å²) in [6.45, 7) is 6.04. The topological polar surface area (TPSA) is 55.3 Å². The van der Waals surface area contributed by atoms with Crippen LogP contribution in [0.3, 0.4) is 0 Å². The summed E-state index contributed by atoms with van der Waals surface area (Å²) in [7, 11) is 1.37. The fourth-order valence-electron chi connectivity index (χ4n) is 1.22. The lowest BCUT2D eigenvalue weighted by Gasteiger charge is -2.25. The molecule has 1 aromatic rings. The molecule has 5 nitrogen and oxygen atoms in total. The van der Waals surface area contributed by atoms with Crippen molar-refractivity contribution in [1.29, 1.82) is 0 Å². The summed E-state index contributed by atoms with van der Waals surface area (Å²) in [6.07, 6.45) is 3.46. The maximum atomic E-state index is 11.2. The van der Waals surface area contributed by atoms with Crippen molar-refractivity contribution in [3.05, 3.63) is 18.0 Å². The highest BCUT2D eigenvalue weighted by atomic mass is 16.5. The monoisotopic (exact) mass is 223 g/mol. The van der Waals surface area contributed by atoms with E-state index in [2.05, 4.69) is 14.7 Å². The third kappa shape index (κ3) is 3.18. The first-order chi connectivity index (χ1) is 7.54. The summed E-state index contributed by atoms with van der Waals surface area (Å²) in [5.41, 5.74) is 0.991. The first kappa shape index (κ1) is 12.4. The molecule has 1 heterocycles. The van der Waals surface area contributed by atoms with E-state index in [1.807, 2.05) is 20.8 Å². The molecular formula is C11H17N3O2. The molecule has 0 saturated carbocycles. The average Bonchev–Trinajstić information content (AvgIpc) is 2.26. The van der Waals surface area contributed by atoms with Crippen LogP contribution < -0.4 is 4.90 Å². The zero-order valence-corrected chi connectivity index (χ0v) is 10.1. The number of hydrogen-bond acceptors (Lipinski definition) is 5. The Labute approximate surface area is 95.5 Å². The molecule has 0 aliphatic heterocycles. The van der Waals surface area contributed by atoms with Crippen molar-refractivity contribution in [3.63, 3.8) is 0 Å². The maximum Gasteiger partial charge on any atom is 0.325 e. The van der Waals surface area contributed by atoms with Crippen LogP contribution in [0.25, 0.3) is 0 Å². The fraction of sp³-hybridized carbons (Fsp3) is 0.545. The Morgan fingerprint density at radius 1 is 1.44 bits per heavy atom.